The number of phenols is 1. The van der Waals surface area contributed by atoms with Crippen LogP contribution in [0.2, 0.25) is 5.02 Å². The molecule has 2 aromatic rings. The van der Waals surface area contributed by atoms with E-state index in [4.69, 9.17) is 16.3 Å². The Bertz CT molecular complexity index is 628. The molecule has 20 heavy (non-hydrogen) atoms. The molecular weight excluding hydrogens is 278 g/mol. The van der Waals surface area contributed by atoms with Gasteiger partial charge in [0.05, 0.1) is 12.7 Å². The summed E-state index contributed by atoms with van der Waals surface area (Å²) in [6.45, 7) is 0.338. The number of methoxy groups -OCH3 is 1. The van der Waals surface area contributed by atoms with Gasteiger partial charge in [0.15, 0.2) is 0 Å². The van der Waals surface area contributed by atoms with E-state index < -0.39 is 0 Å². The quantitative estimate of drug-likeness (QED) is 0.910. The maximum atomic E-state index is 12.0. The maximum Gasteiger partial charge on any atom is 0.255 e. The molecule has 2 rings (SSSR count). The van der Waals surface area contributed by atoms with Gasteiger partial charge in [0.2, 0.25) is 0 Å². The molecule has 0 radical (unpaired) electrons. The highest BCUT2D eigenvalue weighted by Gasteiger charge is 2.11. The monoisotopic (exact) mass is 291 g/mol. The van der Waals surface area contributed by atoms with Crippen LogP contribution < -0.4 is 10.1 Å². The first-order valence-electron chi connectivity index (χ1n) is 6.00. The van der Waals surface area contributed by atoms with Crippen molar-refractivity contribution in [2.24, 2.45) is 0 Å². The second-order valence-corrected chi connectivity index (χ2v) is 4.63. The van der Waals surface area contributed by atoms with Gasteiger partial charge in [0.1, 0.15) is 11.5 Å². The number of phenolic OH excluding ortho intramolecular Hbond substituents is 1. The highest BCUT2D eigenvalue weighted by Crippen LogP contribution is 2.23. The summed E-state index contributed by atoms with van der Waals surface area (Å²) >= 11 is 5.87. The van der Waals surface area contributed by atoms with Crippen LogP contribution in [0.25, 0.3) is 0 Å². The van der Waals surface area contributed by atoms with Crippen molar-refractivity contribution in [3.63, 3.8) is 0 Å². The van der Waals surface area contributed by atoms with E-state index in [2.05, 4.69) is 5.32 Å². The number of nitrogens with one attached hydrogen (secondary N) is 1. The average Bonchev–Trinajstić information content (AvgIpc) is 2.44. The van der Waals surface area contributed by atoms with Gasteiger partial charge < -0.3 is 15.2 Å². The molecule has 104 valence electrons. The van der Waals surface area contributed by atoms with Gasteiger partial charge in [-0.1, -0.05) is 23.7 Å². The molecular formula is C15H14ClNO3. The number of benzene rings is 2. The van der Waals surface area contributed by atoms with Gasteiger partial charge >= 0.3 is 0 Å². The topological polar surface area (TPSA) is 58.6 Å². The fourth-order valence-electron chi connectivity index (χ4n) is 1.75. The average molecular weight is 292 g/mol. The molecule has 1 amide bonds. The lowest BCUT2D eigenvalue weighted by atomic mass is 10.1. The van der Waals surface area contributed by atoms with Crippen molar-refractivity contribution in [2.45, 2.75) is 6.54 Å². The minimum Gasteiger partial charge on any atom is -0.507 e. The molecule has 0 heterocycles. The fourth-order valence-corrected chi connectivity index (χ4v) is 1.97. The summed E-state index contributed by atoms with van der Waals surface area (Å²) in [6.07, 6.45) is 0. The van der Waals surface area contributed by atoms with Crippen LogP contribution in [0.3, 0.4) is 0 Å². The Morgan fingerprint density at radius 3 is 2.75 bits per heavy atom. The molecule has 0 saturated carbocycles. The molecule has 0 aliphatic carbocycles. The fraction of sp³-hybridized carbons (Fsp3) is 0.133. The molecule has 0 spiro atoms. The third-order valence-electron chi connectivity index (χ3n) is 2.79. The minimum atomic E-state index is -0.356. The van der Waals surface area contributed by atoms with Crippen LogP contribution in [0.1, 0.15) is 15.9 Å². The van der Waals surface area contributed by atoms with E-state index in [1.807, 2.05) is 12.1 Å². The van der Waals surface area contributed by atoms with Gasteiger partial charge in [-0.3, -0.25) is 4.79 Å². The number of carbonyl (C=O) groups excluding carboxylic acids is 1. The Hall–Kier alpha value is -2.20. The van der Waals surface area contributed by atoms with Crippen molar-refractivity contribution in [3.05, 3.63) is 58.6 Å². The molecule has 0 unspecified atom stereocenters. The zero-order chi connectivity index (χ0) is 14.5. The number of carbonyl (C=O) groups is 1. The van der Waals surface area contributed by atoms with Crippen LogP contribution in [0, 0.1) is 0 Å². The highest BCUT2D eigenvalue weighted by atomic mass is 35.5. The van der Waals surface area contributed by atoms with Crippen molar-refractivity contribution in [1.29, 1.82) is 0 Å². The summed E-state index contributed by atoms with van der Waals surface area (Å²) in [6, 6.07) is 11.7. The number of halogens is 1. The molecule has 5 heteroatoms. The maximum absolute atomic E-state index is 12.0. The van der Waals surface area contributed by atoms with E-state index in [1.165, 1.54) is 19.2 Å². The minimum absolute atomic E-state index is 0.118. The summed E-state index contributed by atoms with van der Waals surface area (Å²) in [4.78, 5) is 12.0. The van der Waals surface area contributed by atoms with Crippen LogP contribution in [0.5, 0.6) is 11.5 Å². The number of hydrogen-bond acceptors (Lipinski definition) is 3. The molecule has 0 aliphatic rings. The van der Waals surface area contributed by atoms with Gasteiger partial charge in [-0.15, -0.1) is 0 Å². The Balaban J connectivity index is 2.05. The number of amides is 1. The lowest BCUT2D eigenvalue weighted by molar-refractivity contribution is 0.0948. The number of aromatic hydroxyl groups is 1. The van der Waals surface area contributed by atoms with Crippen LogP contribution in [-0.2, 0) is 6.54 Å². The van der Waals surface area contributed by atoms with Crippen molar-refractivity contribution in [1.82, 2.24) is 5.32 Å². The lowest BCUT2D eigenvalue weighted by Gasteiger charge is -2.08. The lowest BCUT2D eigenvalue weighted by Crippen LogP contribution is -2.22. The predicted octanol–water partition coefficient (Wildman–Crippen LogP) is 2.98. The molecule has 0 aromatic heterocycles. The third kappa shape index (κ3) is 3.42. The SMILES string of the molecule is COc1ccc(C(=O)NCc2cccc(Cl)c2)c(O)c1. The van der Waals surface area contributed by atoms with Gasteiger partial charge in [-0.2, -0.15) is 0 Å². The molecule has 2 N–H and O–H groups in total. The summed E-state index contributed by atoms with van der Waals surface area (Å²) in [5.74, 6) is 0.0203. The Morgan fingerprint density at radius 2 is 2.10 bits per heavy atom. The first-order chi connectivity index (χ1) is 9.60. The smallest absolute Gasteiger partial charge is 0.255 e. The first-order valence-corrected chi connectivity index (χ1v) is 6.37. The molecule has 0 fully saturated rings. The largest absolute Gasteiger partial charge is 0.507 e. The molecule has 0 saturated heterocycles. The van der Waals surface area contributed by atoms with Crippen molar-refractivity contribution >= 4 is 17.5 Å². The van der Waals surface area contributed by atoms with Crippen molar-refractivity contribution in [2.75, 3.05) is 7.11 Å². The highest BCUT2D eigenvalue weighted by molar-refractivity contribution is 6.30. The van der Waals surface area contributed by atoms with E-state index in [-0.39, 0.29) is 17.2 Å². The van der Waals surface area contributed by atoms with Crippen molar-refractivity contribution < 1.29 is 14.6 Å². The normalized spacial score (nSPS) is 10.1. The van der Waals surface area contributed by atoms with Crippen LogP contribution in [0.15, 0.2) is 42.5 Å². The van der Waals surface area contributed by atoms with E-state index in [1.54, 1.807) is 18.2 Å². The van der Waals surface area contributed by atoms with E-state index in [0.717, 1.165) is 5.56 Å². The van der Waals surface area contributed by atoms with E-state index in [0.29, 0.717) is 17.3 Å². The summed E-state index contributed by atoms with van der Waals surface area (Å²) in [5, 5.41) is 13.1. The van der Waals surface area contributed by atoms with E-state index >= 15 is 0 Å². The van der Waals surface area contributed by atoms with Crippen molar-refractivity contribution in [3.8, 4) is 11.5 Å². The first kappa shape index (κ1) is 14.2. The second kappa shape index (κ2) is 6.30. The van der Waals surface area contributed by atoms with Crippen LogP contribution in [-0.4, -0.2) is 18.1 Å². The molecule has 0 aliphatic heterocycles. The van der Waals surface area contributed by atoms with E-state index in [9.17, 15) is 9.90 Å². The van der Waals surface area contributed by atoms with Gasteiger partial charge in [0, 0.05) is 17.6 Å². The number of ether oxygens (including phenoxy) is 1. The van der Waals surface area contributed by atoms with Crippen LogP contribution >= 0.6 is 11.6 Å². The predicted molar refractivity (Wildman–Crippen MR) is 77.3 cm³/mol. The Morgan fingerprint density at radius 1 is 1.30 bits per heavy atom. The van der Waals surface area contributed by atoms with Crippen LogP contribution in [0.4, 0.5) is 0 Å². The summed E-state index contributed by atoms with van der Waals surface area (Å²) < 4.78 is 4.97. The summed E-state index contributed by atoms with van der Waals surface area (Å²) in [5.41, 5.74) is 1.09. The molecule has 0 atom stereocenters. The molecule has 4 nitrogen and oxygen atoms in total. The Labute approximate surface area is 122 Å². The second-order valence-electron chi connectivity index (χ2n) is 4.20. The molecule has 2 aromatic carbocycles. The zero-order valence-electron chi connectivity index (χ0n) is 10.9. The number of hydrogen-bond donors (Lipinski definition) is 2. The Kier molecular flexibility index (Phi) is 4.48. The number of rotatable bonds is 4. The standard InChI is InChI=1S/C15H14ClNO3/c1-20-12-5-6-13(14(18)8-12)15(19)17-9-10-3-2-4-11(16)7-10/h2-8,18H,9H2,1H3,(H,17,19). The van der Waals surface area contributed by atoms with Gasteiger partial charge in [-0.05, 0) is 29.8 Å². The zero-order valence-corrected chi connectivity index (χ0v) is 11.6. The van der Waals surface area contributed by atoms with Gasteiger partial charge in [-0.25, -0.2) is 0 Å². The molecule has 0 bridgehead atoms. The van der Waals surface area contributed by atoms with Gasteiger partial charge in [0.25, 0.3) is 5.91 Å². The third-order valence-corrected chi connectivity index (χ3v) is 3.03. The summed E-state index contributed by atoms with van der Waals surface area (Å²) in [7, 11) is 1.49.